The molecule has 110 valence electrons. The minimum Gasteiger partial charge on any atom is -0.508 e. The van der Waals surface area contributed by atoms with Gasteiger partial charge in [-0.2, -0.15) is 0 Å². The Morgan fingerprint density at radius 1 is 0.773 bits per heavy atom. The molecule has 0 aliphatic rings. The predicted molar refractivity (Wildman–Crippen MR) is 89.2 cm³/mol. The second-order valence-corrected chi connectivity index (χ2v) is 5.52. The zero-order chi connectivity index (χ0) is 15.5. The molecule has 3 aromatic rings. The Bertz CT molecular complexity index is 806. The summed E-state index contributed by atoms with van der Waals surface area (Å²) in [6.07, 6.45) is 0.574. The van der Waals surface area contributed by atoms with Gasteiger partial charge in [-0.05, 0) is 41.8 Å². The van der Waals surface area contributed by atoms with Gasteiger partial charge in [0.2, 0.25) is 0 Å². The van der Waals surface area contributed by atoms with Crippen LogP contribution in [-0.2, 0) is 6.42 Å². The summed E-state index contributed by atoms with van der Waals surface area (Å²) in [5.41, 5.74) is 5.37. The third kappa shape index (κ3) is 2.96. The van der Waals surface area contributed by atoms with Crippen LogP contribution < -0.4 is 0 Å². The van der Waals surface area contributed by atoms with Crippen molar-refractivity contribution in [2.24, 2.45) is 0 Å². The molecule has 0 radical (unpaired) electrons. The molecule has 0 amide bonds. The van der Waals surface area contributed by atoms with E-state index in [0.29, 0.717) is 6.42 Å². The van der Waals surface area contributed by atoms with Crippen molar-refractivity contribution < 1.29 is 10.2 Å². The number of hydrogen-bond acceptors (Lipinski definition) is 2. The van der Waals surface area contributed by atoms with Gasteiger partial charge < -0.3 is 10.2 Å². The topological polar surface area (TPSA) is 40.5 Å². The van der Waals surface area contributed by atoms with E-state index in [1.807, 2.05) is 18.2 Å². The highest BCUT2D eigenvalue weighted by Gasteiger charge is 2.09. The van der Waals surface area contributed by atoms with Gasteiger partial charge in [-0.15, -0.1) is 0 Å². The molecule has 0 spiro atoms. The third-order valence-electron chi connectivity index (χ3n) is 3.79. The fourth-order valence-electron chi connectivity index (χ4n) is 2.69. The van der Waals surface area contributed by atoms with Crippen molar-refractivity contribution in [2.45, 2.75) is 13.3 Å². The summed E-state index contributed by atoms with van der Waals surface area (Å²) in [7, 11) is 0. The van der Waals surface area contributed by atoms with Crippen molar-refractivity contribution in [3.63, 3.8) is 0 Å². The van der Waals surface area contributed by atoms with Crippen LogP contribution in [0.3, 0.4) is 0 Å². The van der Waals surface area contributed by atoms with Crippen LogP contribution in [-0.4, -0.2) is 10.2 Å². The highest BCUT2D eigenvalue weighted by atomic mass is 16.3. The molecule has 0 saturated carbocycles. The maximum atomic E-state index is 9.99. The van der Waals surface area contributed by atoms with Gasteiger partial charge in [-0.25, -0.2) is 0 Å². The van der Waals surface area contributed by atoms with Crippen LogP contribution in [0.25, 0.3) is 11.1 Å². The van der Waals surface area contributed by atoms with Crippen LogP contribution in [0.5, 0.6) is 11.5 Å². The molecule has 3 rings (SSSR count). The SMILES string of the molecule is Cc1cccc(-c2ccccc2Cc2cc(O)ccc2O)c1. The Hall–Kier alpha value is -2.74. The Balaban J connectivity index is 2.03. The van der Waals surface area contributed by atoms with Gasteiger partial charge in [0.25, 0.3) is 0 Å². The largest absolute Gasteiger partial charge is 0.508 e. The molecule has 0 aromatic heterocycles. The first kappa shape index (κ1) is 14.2. The van der Waals surface area contributed by atoms with Crippen LogP contribution in [0.15, 0.2) is 66.7 Å². The predicted octanol–water partition coefficient (Wildman–Crippen LogP) is 4.66. The first-order chi connectivity index (χ1) is 10.6. The second kappa shape index (κ2) is 5.94. The molecule has 22 heavy (non-hydrogen) atoms. The van der Waals surface area contributed by atoms with Gasteiger partial charge >= 0.3 is 0 Å². The number of aromatic hydroxyl groups is 2. The van der Waals surface area contributed by atoms with E-state index >= 15 is 0 Å². The summed E-state index contributed by atoms with van der Waals surface area (Å²) < 4.78 is 0. The lowest BCUT2D eigenvalue weighted by Gasteiger charge is -2.12. The highest BCUT2D eigenvalue weighted by Crippen LogP contribution is 2.30. The molecule has 0 fully saturated rings. The Kier molecular flexibility index (Phi) is 3.84. The lowest BCUT2D eigenvalue weighted by molar-refractivity contribution is 0.455. The molecule has 2 heteroatoms. The van der Waals surface area contributed by atoms with Crippen molar-refractivity contribution in [3.05, 3.63) is 83.4 Å². The van der Waals surface area contributed by atoms with Gasteiger partial charge in [0.1, 0.15) is 11.5 Å². The Morgan fingerprint density at radius 2 is 1.59 bits per heavy atom. The molecule has 0 aliphatic carbocycles. The summed E-state index contributed by atoms with van der Waals surface area (Å²) in [5, 5.41) is 19.6. The van der Waals surface area contributed by atoms with Gasteiger partial charge in [0.15, 0.2) is 0 Å². The van der Waals surface area contributed by atoms with Crippen LogP contribution in [0.2, 0.25) is 0 Å². The molecule has 0 bridgehead atoms. The summed E-state index contributed by atoms with van der Waals surface area (Å²) >= 11 is 0. The Morgan fingerprint density at radius 3 is 2.41 bits per heavy atom. The van der Waals surface area contributed by atoms with Crippen LogP contribution in [0.1, 0.15) is 16.7 Å². The van der Waals surface area contributed by atoms with Crippen molar-refractivity contribution in [1.29, 1.82) is 0 Å². The second-order valence-electron chi connectivity index (χ2n) is 5.52. The molecule has 0 saturated heterocycles. The lowest BCUT2D eigenvalue weighted by Crippen LogP contribution is -1.93. The monoisotopic (exact) mass is 290 g/mol. The average molecular weight is 290 g/mol. The molecule has 2 nitrogen and oxygen atoms in total. The van der Waals surface area contributed by atoms with Crippen LogP contribution in [0.4, 0.5) is 0 Å². The summed E-state index contributed by atoms with van der Waals surface area (Å²) in [6, 6.07) is 21.2. The number of benzene rings is 3. The molecule has 2 N–H and O–H groups in total. The molecular weight excluding hydrogens is 272 g/mol. The molecule has 0 heterocycles. The standard InChI is InChI=1S/C20H18O2/c1-14-5-4-7-15(11-14)19-8-3-2-6-16(19)12-17-13-18(21)9-10-20(17)22/h2-11,13,21-22H,12H2,1H3. The third-order valence-corrected chi connectivity index (χ3v) is 3.79. The zero-order valence-corrected chi connectivity index (χ0v) is 12.5. The molecule has 0 atom stereocenters. The van der Waals surface area contributed by atoms with E-state index in [9.17, 15) is 10.2 Å². The minimum absolute atomic E-state index is 0.167. The average Bonchev–Trinajstić information content (AvgIpc) is 2.51. The van der Waals surface area contributed by atoms with E-state index in [-0.39, 0.29) is 11.5 Å². The van der Waals surface area contributed by atoms with Crippen LogP contribution in [0, 0.1) is 6.92 Å². The first-order valence-corrected chi connectivity index (χ1v) is 7.29. The molecular formula is C20H18O2. The smallest absolute Gasteiger partial charge is 0.119 e. The molecule has 0 unspecified atom stereocenters. The van der Waals surface area contributed by atoms with Crippen molar-refractivity contribution in [1.82, 2.24) is 0 Å². The highest BCUT2D eigenvalue weighted by molar-refractivity contribution is 5.68. The van der Waals surface area contributed by atoms with E-state index in [0.717, 1.165) is 22.3 Å². The number of phenolic OH excluding ortho intramolecular Hbond substituents is 2. The maximum Gasteiger partial charge on any atom is 0.119 e. The first-order valence-electron chi connectivity index (χ1n) is 7.29. The van der Waals surface area contributed by atoms with Crippen molar-refractivity contribution in [2.75, 3.05) is 0 Å². The zero-order valence-electron chi connectivity index (χ0n) is 12.5. The van der Waals surface area contributed by atoms with E-state index < -0.39 is 0 Å². The van der Waals surface area contributed by atoms with Gasteiger partial charge in [0.05, 0.1) is 0 Å². The number of phenols is 2. The summed E-state index contributed by atoms with van der Waals surface area (Å²) in [6.45, 7) is 2.08. The fraction of sp³-hybridized carbons (Fsp3) is 0.100. The number of rotatable bonds is 3. The quantitative estimate of drug-likeness (QED) is 0.688. The molecule has 0 aliphatic heterocycles. The van der Waals surface area contributed by atoms with Gasteiger partial charge in [-0.1, -0.05) is 54.1 Å². The van der Waals surface area contributed by atoms with Gasteiger partial charge in [-0.3, -0.25) is 0 Å². The van der Waals surface area contributed by atoms with E-state index in [1.165, 1.54) is 17.7 Å². The van der Waals surface area contributed by atoms with E-state index in [2.05, 4.69) is 37.3 Å². The van der Waals surface area contributed by atoms with Crippen molar-refractivity contribution >= 4 is 0 Å². The molecule has 3 aromatic carbocycles. The van der Waals surface area contributed by atoms with Crippen LogP contribution >= 0.6 is 0 Å². The van der Waals surface area contributed by atoms with Gasteiger partial charge in [0, 0.05) is 12.0 Å². The Labute approximate surface area is 130 Å². The van der Waals surface area contributed by atoms with E-state index in [1.54, 1.807) is 6.07 Å². The number of aryl methyl sites for hydroxylation is 1. The summed E-state index contributed by atoms with van der Waals surface area (Å²) in [4.78, 5) is 0. The van der Waals surface area contributed by atoms with E-state index in [4.69, 9.17) is 0 Å². The van der Waals surface area contributed by atoms with Crippen molar-refractivity contribution in [3.8, 4) is 22.6 Å². The normalized spacial score (nSPS) is 10.6. The minimum atomic E-state index is 0.167. The fourth-order valence-corrected chi connectivity index (χ4v) is 2.69. The maximum absolute atomic E-state index is 9.99. The summed E-state index contributed by atoms with van der Waals surface area (Å²) in [5.74, 6) is 0.373. The number of hydrogen-bond donors (Lipinski definition) is 2. The lowest BCUT2D eigenvalue weighted by atomic mass is 9.94.